The molecule has 0 radical (unpaired) electrons. The zero-order valence-corrected chi connectivity index (χ0v) is 8.42. The third-order valence-electron chi connectivity index (χ3n) is 1.77. The Morgan fingerprint density at radius 1 is 1.57 bits per heavy atom. The zero-order chi connectivity index (χ0) is 10.7. The molecule has 0 saturated carbocycles. The maximum absolute atomic E-state index is 11.2. The summed E-state index contributed by atoms with van der Waals surface area (Å²) in [5.74, 6) is -0.331. The SMILES string of the molecule is COC(=O)c1c(CC(C)C)[nH]oc1=O. The van der Waals surface area contributed by atoms with E-state index in [4.69, 9.17) is 0 Å². The second-order valence-corrected chi connectivity index (χ2v) is 3.43. The molecule has 1 N–H and O–H groups in total. The minimum absolute atomic E-state index is 0.0267. The number of carbonyl (C=O) groups excluding carboxylic acids is 1. The summed E-state index contributed by atoms with van der Waals surface area (Å²) >= 11 is 0. The lowest BCUT2D eigenvalue weighted by atomic mass is 10.1. The molecule has 0 amide bonds. The van der Waals surface area contributed by atoms with Gasteiger partial charge in [0.2, 0.25) is 0 Å². The third-order valence-corrected chi connectivity index (χ3v) is 1.77. The summed E-state index contributed by atoms with van der Waals surface area (Å²) in [6.07, 6.45) is 0.580. The van der Waals surface area contributed by atoms with Gasteiger partial charge in [-0.1, -0.05) is 13.8 Å². The molecule has 0 atom stereocenters. The van der Waals surface area contributed by atoms with Gasteiger partial charge in [-0.3, -0.25) is 0 Å². The maximum Gasteiger partial charge on any atom is 0.372 e. The first-order chi connectivity index (χ1) is 6.56. The van der Waals surface area contributed by atoms with Crippen LogP contribution in [0, 0.1) is 5.92 Å². The van der Waals surface area contributed by atoms with Crippen molar-refractivity contribution < 1.29 is 14.1 Å². The average Bonchev–Trinajstić information content (AvgIpc) is 2.45. The van der Waals surface area contributed by atoms with E-state index in [2.05, 4.69) is 14.4 Å². The molecule has 0 spiro atoms. The Morgan fingerprint density at radius 3 is 2.71 bits per heavy atom. The van der Waals surface area contributed by atoms with E-state index in [9.17, 15) is 9.59 Å². The molecule has 0 aliphatic rings. The first-order valence-corrected chi connectivity index (χ1v) is 4.35. The first kappa shape index (κ1) is 10.6. The van der Waals surface area contributed by atoms with Gasteiger partial charge in [-0.2, -0.15) is 0 Å². The topological polar surface area (TPSA) is 72.3 Å². The van der Waals surface area contributed by atoms with Crippen LogP contribution in [0.15, 0.2) is 9.32 Å². The van der Waals surface area contributed by atoms with Crippen molar-refractivity contribution >= 4 is 5.97 Å². The molecule has 0 saturated heterocycles. The van der Waals surface area contributed by atoms with Crippen LogP contribution in [-0.4, -0.2) is 18.2 Å². The summed E-state index contributed by atoms with van der Waals surface area (Å²) in [6, 6.07) is 0. The van der Waals surface area contributed by atoms with Gasteiger partial charge >= 0.3 is 11.6 Å². The van der Waals surface area contributed by atoms with Gasteiger partial charge < -0.3 is 9.26 Å². The highest BCUT2D eigenvalue weighted by molar-refractivity contribution is 5.89. The van der Waals surface area contributed by atoms with Gasteiger partial charge in [0, 0.05) is 0 Å². The third kappa shape index (κ3) is 2.04. The molecule has 14 heavy (non-hydrogen) atoms. The van der Waals surface area contributed by atoms with Gasteiger partial charge in [0.05, 0.1) is 12.8 Å². The number of rotatable bonds is 3. The van der Waals surface area contributed by atoms with Crippen LogP contribution in [0.3, 0.4) is 0 Å². The molecule has 5 nitrogen and oxygen atoms in total. The molecule has 0 aromatic carbocycles. The lowest BCUT2D eigenvalue weighted by Crippen LogP contribution is -2.14. The minimum Gasteiger partial charge on any atom is -0.465 e. The van der Waals surface area contributed by atoms with E-state index in [1.165, 1.54) is 7.11 Å². The van der Waals surface area contributed by atoms with Crippen LogP contribution in [0.1, 0.15) is 29.9 Å². The quantitative estimate of drug-likeness (QED) is 0.735. The summed E-state index contributed by atoms with van der Waals surface area (Å²) in [5.41, 5.74) is -0.203. The fraction of sp³-hybridized carbons (Fsp3) is 0.556. The van der Waals surface area contributed by atoms with Crippen LogP contribution >= 0.6 is 0 Å². The fourth-order valence-corrected chi connectivity index (χ4v) is 1.19. The summed E-state index contributed by atoms with van der Waals surface area (Å²) in [6.45, 7) is 3.96. The fourth-order valence-electron chi connectivity index (χ4n) is 1.19. The van der Waals surface area contributed by atoms with Crippen molar-refractivity contribution in [3.05, 3.63) is 21.7 Å². The van der Waals surface area contributed by atoms with Crippen LogP contribution in [0.5, 0.6) is 0 Å². The number of nitrogens with one attached hydrogen (secondary N) is 1. The second-order valence-electron chi connectivity index (χ2n) is 3.43. The summed E-state index contributed by atoms with van der Waals surface area (Å²) in [7, 11) is 1.23. The molecular weight excluding hydrogens is 186 g/mol. The van der Waals surface area contributed by atoms with Gasteiger partial charge in [0.25, 0.3) is 0 Å². The smallest absolute Gasteiger partial charge is 0.372 e. The highest BCUT2D eigenvalue weighted by atomic mass is 16.5. The Morgan fingerprint density at radius 2 is 2.21 bits per heavy atom. The number of H-pyrrole nitrogens is 1. The summed E-state index contributed by atoms with van der Waals surface area (Å²) < 4.78 is 9.02. The molecule has 1 rings (SSSR count). The number of aromatic amines is 1. The Bertz CT molecular complexity index is 374. The normalized spacial score (nSPS) is 10.6. The van der Waals surface area contributed by atoms with Crippen molar-refractivity contribution in [1.82, 2.24) is 5.16 Å². The molecule has 0 aliphatic heterocycles. The van der Waals surface area contributed by atoms with E-state index in [0.29, 0.717) is 18.0 Å². The lowest BCUT2D eigenvalue weighted by Gasteiger charge is -2.02. The predicted molar refractivity (Wildman–Crippen MR) is 49.2 cm³/mol. The van der Waals surface area contributed by atoms with Crippen molar-refractivity contribution in [2.24, 2.45) is 5.92 Å². The van der Waals surface area contributed by atoms with Crippen molar-refractivity contribution in [1.29, 1.82) is 0 Å². The number of ether oxygens (including phenoxy) is 1. The van der Waals surface area contributed by atoms with Gasteiger partial charge in [0.1, 0.15) is 0 Å². The Balaban J connectivity index is 3.06. The molecule has 0 bridgehead atoms. The number of esters is 1. The minimum atomic E-state index is -0.674. The van der Waals surface area contributed by atoms with Gasteiger partial charge in [-0.15, -0.1) is 0 Å². The van der Waals surface area contributed by atoms with Gasteiger partial charge in [0.15, 0.2) is 5.56 Å². The number of aromatic nitrogens is 1. The van der Waals surface area contributed by atoms with E-state index in [0.717, 1.165) is 0 Å². The van der Waals surface area contributed by atoms with Crippen molar-refractivity contribution in [2.75, 3.05) is 7.11 Å². The van der Waals surface area contributed by atoms with Crippen molar-refractivity contribution in [2.45, 2.75) is 20.3 Å². The summed E-state index contributed by atoms with van der Waals surface area (Å²) in [4.78, 5) is 22.3. The Kier molecular flexibility index (Phi) is 3.11. The van der Waals surface area contributed by atoms with Gasteiger partial charge in [-0.25, -0.2) is 14.7 Å². The molecule has 78 valence electrons. The van der Waals surface area contributed by atoms with E-state index < -0.39 is 11.6 Å². The molecule has 1 aromatic heterocycles. The summed E-state index contributed by atoms with van der Waals surface area (Å²) in [5, 5.41) is 2.43. The molecule has 5 heteroatoms. The monoisotopic (exact) mass is 199 g/mol. The Hall–Kier alpha value is -1.52. The first-order valence-electron chi connectivity index (χ1n) is 4.35. The van der Waals surface area contributed by atoms with Crippen LogP contribution in [0.2, 0.25) is 0 Å². The zero-order valence-electron chi connectivity index (χ0n) is 8.42. The maximum atomic E-state index is 11.2. The lowest BCUT2D eigenvalue weighted by molar-refractivity contribution is 0.0596. The van der Waals surface area contributed by atoms with E-state index in [-0.39, 0.29) is 5.56 Å². The van der Waals surface area contributed by atoms with Crippen LogP contribution in [0.4, 0.5) is 0 Å². The van der Waals surface area contributed by atoms with Crippen LogP contribution < -0.4 is 5.63 Å². The molecule has 1 heterocycles. The predicted octanol–water partition coefficient (Wildman–Crippen LogP) is 0.953. The van der Waals surface area contributed by atoms with Crippen molar-refractivity contribution in [3.8, 4) is 0 Å². The Labute approximate surface area is 81.0 Å². The molecule has 0 aliphatic carbocycles. The molecular formula is C9H13NO4. The standard InChI is InChI=1S/C9H13NO4/c1-5(2)4-6-7(8(11)13-3)9(12)14-10-6/h5,10H,4H2,1-3H3. The molecule has 0 unspecified atom stereocenters. The average molecular weight is 199 g/mol. The van der Waals surface area contributed by atoms with E-state index >= 15 is 0 Å². The number of hydrogen-bond acceptors (Lipinski definition) is 4. The number of hydrogen-bond donors (Lipinski definition) is 1. The second kappa shape index (κ2) is 4.13. The number of methoxy groups -OCH3 is 1. The van der Waals surface area contributed by atoms with Gasteiger partial charge in [-0.05, 0) is 12.3 Å². The molecule has 0 fully saturated rings. The van der Waals surface area contributed by atoms with Crippen LogP contribution in [-0.2, 0) is 11.2 Å². The largest absolute Gasteiger partial charge is 0.465 e. The van der Waals surface area contributed by atoms with E-state index in [1.54, 1.807) is 0 Å². The highest BCUT2D eigenvalue weighted by Gasteiger charge is 2.20. The van der Waals surface area contributed by atoms with Crippen molar-refractivity contribution in [3.63, 3.8) is 0 Å². The van der Waals surface area contributed by atoms with Crippen LogP contribution in [0.25, 0.3) is 0 Å². The number of carbonyl (C=O) groups is 1. The molecule has 1 aromatic rings. The van der Waals surface area contributed by atoms with E-state index in [1.807, 2.05) is 13.8 Å². The highest BCUT2D eigenvalue weighted by Crippen LogP contribution is 2.09.